The van der Waals surface area contributed by atoms with E-state index in [2.05, 4.69) is 10.3 Å². The van der Waals surface area contributed by atoms with Crippen LogP contribution < -0.4 is 10.1 Å². The Hall–Kier alpha value is -2.94. The number of methoxy groups -OCH3 is 1. The maximum absolute atomic E-state index is 13.7. The van der Waals surface area contributed by atoms with E-state index in [0.29, 0.717) is 14.8 Å². The van der Waals surface area contributed by atoms with Gasteiger partial charge in [0.05, 0.1) is 27.3 Å². The zero-order valence-electron chi connectivity index (χ0n) is 14.8. The second-order valence-electron chi connectivity index (χ2n) is 6.07. The van der Waals surface area contributed by atoms with Crippen molar-refractivity contribution in [2.75, 3.05) is 12.4 Å². The van der Waals surface area contributed by atoms with Crippen molar-refractivity contribution in [3.63, 3.8) is 0 Å². The molecule has 0 spiro atoms. The molecule has 0 fully saturated rings. The first-order chi connectivity index (χ1) is 13.6. The third-order valence-electron chi connectivity index (χ3n) is 4.35. The molecule has 0 aliphatic rings. The van der Waals surface area contributed by atoms with Gasteiger partial charge < -0.3 is 10.1 Å². The van der Waals surface area contributed by atoms with Crippen LogP contribution in [0.15, 0.2) is 67.0 Å². The number of rotatable bonds is 4. The number of anilines is 1. The first-order valence-corrected chi connectivity index (χ1v) is 9.51. The Labute approximate surface area is 174 Å². The molecule has 1 heterocycles. The first-order valence-electron chi connectivity index (χ1n) is 8.44. The number of hydrogen-bond acceptors (Lipinski definition) is 3. The Balaban J connectivity index is 1.57. The average Bonchev–Trinajstić information content (AvgIpc) is 3.13. The molecule has 4 rings (SSSR count). The molecule has 28 heavy (non-hydrogen) atoms. The quantitative estimate of drug-likeness (QED) is 0.411. The summed E-state index contributed by atoms with van der Waals surface area (Å²) in [6, 6.07) is 17.5. The predicted molar refractivity (Wildman–Crippen MR) is 115 cm³/mol. The van der Waals surface area contributed by atoms with Gasteiger partial charge in [-0.2, -0.15) is 0 Å². The fourth-order valence-electron chi connectivity index (χ4n) is 2.91. The lowest BCUT2D eigenvalue weighted by Gasteiger charge is -2.09. The molecule has 0 saturated heterocycles. The Morgan fingerprint density at radius 2 is 1.93 bits per heavy atom. The van der Waals surface area contributed by atoms with Crippen LogP contribution in [0.2, 0.25) is 0 Å². The maximum Gasteiger partial charge on any atom is 0.256 e. The number of carbonyl (C=O) groups is 1. The van der Waals surface area contributed by atoms with Gasteiger partial charge in [-0.3, -0.25) is 9.36 Å². The number of hydrogen-bond donors (Lipinski definition) is 1. The average molecular weight is 487 g/mol. The number of nitrogens with zero attached hydrogens (tertiary/aromatic N) is 2. The van der Waals surface area contributed by atoms with E-state index < -0.39 is 5.82 Å². The summed E-state index contributed by atoms with van der Waals surface area (Å²) in [5.41, 5.74) is 3.62. The molecule has 5 nitrogen and oxygen atoms in total. The number of nitrogens with one attached hydrogen (secondary N) is 1. The van der Waals surface area contributed by atoms with Gasteiger partial charge in [-0.1, -0.05) is 6.07 Å². The van der Waals surface area contributed by atoms with E-state index >= 15 is 0 Å². The van der Waals surface area contributed by atoms with Crippen LogP contribution in [0.3, 0.4) is 0 Å². The number of imidazole rings is 1. The van der Waals surface area contributed by atoms with E-state index in [1.165, 1.54) is 12.1 Å². The molecular formula is C21H15FIN3O2. The summed E-state index contributed by atoms with van der Waals surface area (Å²) in [6.45, 7) is 0. The third kappa shape index (κ3) is 3.45. The molecule has 0 aliphatic heterocycles. The highest BCUT2D eigenvalue weighted by molar-refractivity contribution is 14.1. The zero-order valence-corrected chi connectivity index (χ0v) is 17.0. The van der Waals surface area contributed by atoms with Gasteiger partial charge in [-0.15, -0.1) is 0 Å². The van der Waals surface area contributed by atoms with Crippen molar-refractivity contribution in [2.45, 2.75) is 0 Å². The van der Waals surface area contributed by atoms with Crippen LogP contribution in [-0.4, -0.2) is 22.6 Å². The molecule has 1 N–H and O–H groups in total. The smallest absolute Gasteiger partial charge is 0.256 e. The van der Waals surface area contributed by atoms with Gasteiger partial charge in [0.2, 0.25) is 0 Å². The van der Waals surface area contributed by atoms with E-state index in [-0.39, 0.29) is 5.91 Å². The Morgan fingerprint density at radius 1 is 1.14 bits per heavy atom. The molecular weight excluding hydrogens is 472 g/mol. The normalized spacial score (nSPS) is 10.8. The van der Waals surface area contributed by atoms with Crippen LogP contribution in [-0.2, 0) is 0 Å². The van der Waals surface area contributed by atoms with Crippen LogP contribution in [0.25, 0.3) is 16.7 Å². The number of aromatic nitrogens is 2. The third-order valence-corrected chi connectivity index (χ3v) is 5.45. The van der Waals surface area contributed by atoms with E-state index in [1.54, 1.807) is 31.6 Å². The van der Waals surface area contributed by atoms with E-state index in [9.17, 15) is 9.18 Å². The Bertz CT molecular complexity index is 1170. The van der Waals surface area contributed by atoms with Crippen molar-refractivity contribution >= 4 is 45.2 Å². The molecule has 140 valence electrons. The van der Waals surface area contributed by atoms with Crippen molar-refractivity contribution in [3.05, 3.63) is 81.9 Å². The van der Waals surface area contributed by atoms with Crippen LogP contribution in [0.1, 0.15) is 10.4 Å². The van der Waals surface area contributed by atoms with Crippen LogP contribution >= 0.6 is 22.6 Å². The molecule has 0 aliphatic carbocycles. The molecule has 1 aromatic heterocycles. The van der Waals surface area contributed by atoms with Crippen molar-refractivity contribution in [1.82, 2.24) is 9.55 Å². The molecule has 4 aromatic rings. The van der Waals surface area contributed by atoms with Crippen LogP contribution in [0.4, 0.5) is 10.1 Å². The number of carbonyl (C=O) groups excluding carboxylic acids is 1. The summed E-state index contributed by atoms with van der Waals surface area (Å²) in [4.78, 5) is 16.8. The SMILES string of the molecule is COc1ccc2c(c1)ncn2-c1ccc(NC(=O)c2cccc(F)c2I)cc1. The summed E-state index contributed by atoms with van der Waals surface area (Å²) in [5, 5.41) is 2.80. The molecule has 0 radical (unpaired) electrons. The first kappa shape index (κ1) is 18.4. The van der Waals surface area contributed by atoms with Crippen molar-refractivity contribution in [3.8, 4) is 11.4 Å². The summed E-state index contributed by atoms with van der Waals surface area (Å²) >= 11 is 1.83. The zero-order chi connectivity index (χ0) is 19.7. The van der Waals surface area contributed by atoms with Crippen LogP contribution in [0, 0.1) is 9.39 Å². The van der Waals surface area contributed by atoms with E-state index in [4.69, 9.17) is 4.74 Å². The van der Waals surface area contributed by atoms with Crippen LogP contribution in [0.5, 0.6) is 5.75 Å². The maximum atomic E-state index is 13.7. The number of amides is 1. The Kier molecular flexibility index (Phi) is 4.99. The minimum absolute atomic E-state index is 0.300. The predicted octanol–water partition coefficient (Wildman–Crippen LogP) is 5.03. The highest BCUT2D eigenvalue weighted by Gasteiger charge is 2.13. The molecule has 0 saturated carbocycles. The molecule has 0 bridgehead atoms. The lowest BCUT2D eigenvalue weighted by molar-refractivity contribution is 0.102. The van der Waals surface area contributed by atoms with E-state index in [1.807, 2.05) is 57.5 Å². The highest BCUT2D eigenvalue weighted by atomic mass is 127. The summed E-state index contributed by atoms with van der Waals surface area (Å²) < 4.78 is 21.1. The fraction of sp³-hybridized carbons (Fsp3) is 0.0476. The second kappa shape index (κ2) is 7.59. The van der Waals surface area contributed by atoms with Gasteiger partial charge in [0.15, 0.2) is 0 Å². The minimum atomic E-state index is -0.410. The Morgan fingerprint density at radius 3 is 2.68 bits per heavy atom. The van der Waals surface area contributed by atoms with Crippen molar-refractivity contribution in [2.24, 2.45) is 0 Å². The standard InChI is InChI=1S/C21H15FIN3O2/c1-28-15-9-10-19-18(11-15)24-12-26(19)14-7-5-13(6-8-14)25-21(27)16-3-2-4-17(22)20(16)23/h2-12H,1H3,(H,25,27). The van der Waals surface area contributed by atoms with E-state index in [0.717, 1.165) is 22.5 Å². The number of benzene rings is 3. The van der Waals surface area contributed by atoms with Crippen molar-refractivity contribution < 1.29 is 13.9 Å². The molecule has 0 atom stereocenters. The molecule has 7 heteroatoms. The number of halogens is 2. The lowest BCUT2D eigenvalue weighted by atomic mass is 10.2. The largest absolute Gasteiger partial charge is 0.497 e. The van der Waals surface area contributed by atoms with Gasteiger partial charge in [0.1, 0.15) is 17.9 Å². The number of fused-ring (bicyclic) bond motifs is 1. The monoisotopic (exact) mass is 487 g/mol. The van der Waals surface area contributed by atoms with Gasteiger partial charge in [-0.05, 0) is 71.1 Å². The topological polar surface area (TPSA) is 56.1 Å². The minimum Gasteiger partial charge on any atom is -0.497 e. The van der Waals surface area contributed by atoms with Gasteiger partial charge in [-0.25, -0.2) is 9.37 Å². The molecule has 3 aromatic carbocycles. The summed E-state index contributed by atoms with van der Waals surface area (Å²) in [6.07, 6.45) is 1.74. The molecule has 0 unspecified atom stereocenters. The van der Waals surface area contributed by atoms with Gasteiger partial charge in [0, 0.05) is 17.4 Å². The van der Waals surface area contributed by atoms with Crippen molar-refractivity contribution in [1.29, 1.82) is 0 Å². The van der Waals surface area contributed by atoms with Gasteiger partial charge >= 0.3 is 0 Å². The number of ether oxygens (including phenoxy) is 1. The molecule has 1 amide bonds. The fourth-order valence-corrected chi connectivity index (χ4v) is 3.51. The highest BCUT2D eigenvalue weighted by Crippen LogP contribution is 2.24. The second-order valence-corrected chi connectivity index (χ2v) is 7.15. The summed E-state index contributed by atoms with van der Waals surface area (Å²) in [7, 11) is 1.62. The van der Waals surface area contributed by atoms with Gasteiger partial charge in [0.25, 0.3) is 5.91 Å². The lowest BCUT2D eigenvalue weighted by Crippen LogP contribution is -2.14. The summed E-state index contributed by atoms with van der Waals surface area (Å²) in [5.74, 6) is -0.00756.